The van der Waals surface area contributed by atoms with Crippen LogP contribution in [-0.4, -0.2) is 11.9 Å². The van der Waals surface area contributed by atoms with Crippen LogP contribution in [0.2, 0.25) is 0 Å². The van der Waals surface area contributed by atoms with E-state index in [2.05, 4.69) is 24.4 Å². The third kappa shape index (κ3) is 4.54. The van der Waals surface area contributed by atoms with E-state index in [0.29, 0.717) is 11.3 Å². The van der Waals surface area contributed by atoms with Gasteiger partial charge in [-0.25, -0.2) is 0 Å². The first-order chi connectivity index (χ1) is 9.04. The maximum absolute atomic E-state index is 12.0. The standard InChI is InChI=1S/C15H18N2OS.ClH/c1-10(8-14-7-6-11(2)19-14)17-15(18)12-4-3-5-13(16)9-12;/h3-7,9-10H,8,16H2,1-2H3,(H,17,18);1H. The summed E-state index contributed by atoms with van der Waals surface area (Å²) in [7, 11) is 0. The van der Waals surface area contributed by atoms with Gasteiger partial charge in [0.15, 0.2) is 0 Å². The van der Waals surface area contributed by atoms with E-state index in [4.69, 9.17) is 5.73 Å². The van der Waals surface area contributed by atoms with Crippen LogP contribution in [0.1, 0.15) is 27.0 Å². The lowest BCUT2D eigenvalue weighted by Gasteiger charge is -2.13. The second kappa shape index (κ2) is 7.31. The minimum atomic E-state index is -0.0759. The summed E-state index contributed by atoms with van der Waals surface area (Å²) in [5.74, 6) is -0.0759. The molecule has 1 amide bonds. The number of thiophene rings is 1. The van der Waals surface area contributed by atoms with Gasteiger partial charge in [-0.15, -0.1) is 23.7 Å². The lowest BCUT2D eigenvalue weighted by atomic mass is 10.1. The quantitative estimate of drug-likeness (QED) is 0.850. The van der Waals surface area contributed by atoms with E-state index in [-0.39, 0.29) is 24.4 Å². The summed E-state index contributed by atoms with van der Waals surface area (Å²) in [6.45, 7) is 4.10. The fourth-order valence-corrected chi connectivity index (χ4v) is 2.95. The summed E-state index contributed by atoms with van der Waals surface area (Å²) >= 11 is 1.77. The van der Waals surface area contributed by atoms with Crippen molar-refractivity contribution in [1.29, 1.82) is 0 Å². The second-order valence-corrected chi connectivity index (χ2v) is 6.09. The summed E-state index contributed by atoms with van der Waals surface area (Å²) in [5.41, 5.74) is 6.89. The molecule has 0 aliphatic rings. The van der Waals surface area contributed by atoms with Crippen molar-refractivity contribution in [3.63, 3.8) is 0 Å². The molecule has 0 fully saturated rings. The highest BCUT2D eigenvalue weighted by molar-refractivity contribution is 7.11. The first-order valence-corrected chi connectivity index (χ1v) is 7.08. The van der Waals surface area contributed by atoms with Gasteiger partial charge in [0.25, 0.3) is 5.91 Å². The van der Waals surface area contributed by atoms with Crippen molar-refractivity contribution < 1.29 is 4.79 Å². The number of hydrogen-bond acceptors (Lipinski definition) is 3. The molecule has 3 N–H and O–H groups in total. The number of nitrogen functional groups attached to an aromatic ring is 1. The topological polar surface area (TPSA) is 55.1 Å². The lowest BCUT2D eigenvalue weighted by molar-refractivity contribution is 0.0940. The number of amides is 1. The molecule has 20 heavy (non-hydrogen) atoms. The molecule has 0 radical (unpaired) electrons. The molecule has 1 aromatic heterocycles. The van der Waals surface area contributed by atoms with E-state index < -0.39 is 0 Å². The van der Waals surface area contributed by atoms with Crippen LogP contribution in [-0.2, 0) is 6.42 Å². The number of nitrogens with one attached hydrogen (secondary N) is 1. The zero-order valence-electron chi connectivity index (χ0n) is 11.6. The Morgan fingerprint density at radius 1 is 1.35 bits per heavy atom. The molecule has 2 rings (SSSR count). The van der Waals surface area contributed by atoms with Crippen LogP contribution in [0.25, 0.3) is 0 Å². The SMILES string of the molecule is Cc1ccc(CC(C)NC(=O)c2cccc(N)c2)s1.Cl. The van der Waals surface area contributed by atoms with Crippen molar-refractivity contribution in [2.75, 3.05) is 5.73 Å². The number of anilines is 1. The first kappa shape index (κ1) is 16.5. The van der Waals surface area contributed by atoms with E-state index in [0.717, 1.165) is 6.42 Å². The van der Waals surface area contributed by atoms with Crippen molar-refractivity contribution in [3.8, 4) is 0 Å². The Bertz CT molecular complexity index is 583. The molecule has 0 bridgehead atoms. The van der Waals surface area contributed by atoms with Crippen molar-refractivity contribution in [2.24, 2.45) is 0 Å². The minimum absolute atomic E-state index is 0. The van der Waals surface area contributed by atoms with Crippen LogP contribution in [0.3, 0.4) is 0 Å². The average Bonchev–Trinajstić information content (AvgIpc) is 2.74. The Morgan fingerprint density at radius 3 is 2.70 bits per heavy atom. The van der Waals surface area contributed by atoms with Gasteiger partial charge in [0.05, 0.1) is 0 Å². The zero-order chi connectivity index (χ0) is 13.8. The van der Waals surface area contributed by atoms with Gasteiger partial charge in [-0.1, -0.05) is 6.07 Å². The van der Waals surface area contributed by atoms with Gasteiger partial charge in [0.2, 0.25) is 0 Å². The summed E-state index contributed by atoms with van der Waals surface area (Å²) in [6, 6.07) is 11.3. The van der Waals surface area contributed by atoms with Gasteiger partial charge in [0.1, 0.15) is 0 Å². The largest absolute Gasteiger partial charge is 0.399 e. The Morgan fingerprint density at radius 2 is 2.10 bits per heavy atom. The number of nitrogens with two attached hydrogens (primary N) is 1. The summed E-state index contributed by atoms with van der Waals surface area (Å²) in [5, 5.41) is 2.99. The first-order valence-electron chi connectivity index (χ1n) is 6.26. The number of halogens is 1. The fraction of sp³-hybridized carbons (Fsp3) is 0.267. The van der Waals surface area contributed by atoms with E-state index in [1.807, 2.05) is 6.92 Å². The van der Waals surface area contributed by atoms with Crippen molar-refractivity contribution >= 4 is 35.3 Å². The molecule has 0 aliphatic heterocycles. The van der Waals surface area contributed by atoms with Gasteiger partial charge < -0.3 is 11.1 Å². The Kier molecular flexibility index (Phi) is 6.05. The number of rotatable bonds is 4. The molecule has 1 atom stereocenters. The van der Waals surface area contributed by atoms with Crippen LogP contribution in [0.4, 0.5) is 5.69 Å². The van der Waals surface area contributed by atoms with Crippen LogP contribution in [0, 0.1) is 6.92 Å². The number of benzene rings is 1. The molecule has 3 nitrogen and oxygen atoms in total. The third-order valence-corrected chi connectivity index (χ3v) is 3.85. The van der Waals surface area contributed by atoms with E-state index >= 15 is 0 Å². The molecule has 108 valence electrons. The van der Waals surface area contributed by atoms with Crippen LogP contribution >= 0.6 is 23.7 Å². The van der Waals surface area contributed by atoms with Crippen LogP contribution in [0.5, 0.6) is 0 Å². The number of aryl methyl sites for hydroxylation is 1. The highest BCUT2D eigenvalue weighted by Gasteiger charge is 2.11. The second-order valence-electron chi connectivity index (χ2n) is 4.72. The van der Waals surface area contributed by atoms with E-state index in [1.54, 1.807) is 35.6 Å². The predicted octanol–water partition coefficient (Wildman–Crippen LogP) is 3.42. The Labute approximate surface area is 129 Å². The number of hydrogen-bond donors (Lipinski definition) is 2. The van der Waals surface area contributed by atoms with Crippen LogP contribution < -0.4 is 11.1 Å². The molecule has 0 saturated carbocycles. The van der Waals surface area contributed by atoms with Gasteiger partial charge in [0, 0.05) is 33.5 Å². The fourth-order valence-electron chi connectivity index (χ4n) is 1.93. The van der Waals surface area contributed by atoms with Gasteiger partial charge in [-0.05, 0) is 44.2 Å². The van der Waals surface area contributed by atoms with E-state index in [1.165, 1.54) is 9.75 Å². The third-order valence-electron chi connectivity index (χ3n) is 2.83. The molecule has 0 saturated heterocycles. The van der Waals surface area contributed by atoms with Crippen molar-refractivity contribution in [2.45, 2.75) is 26.3 Å². The molecule has 0 aliphatic carbocycles. The van der Waals surface area contributed by atoms with Gasteiger partial charge >= 0.3 is 0 Å². The van der Waals surface area contributed by atoms with Crippen molar-refractivity contribution in [1.82, 2.24) is 5.32 Å². The minimum Gasteiger partial charge on any atom is -0.399 e. The summed E-state index contributed by atoms with van der Waals surface area (Å²) < 4.78 is 0. The molecule has 0 spiro atoms. The molecular formula is C15H19ClN2OS. The van der Waals surface area contributed by atoms with Crippen molar-refractivity contribution in [3.05, 3.63) is 51.7 Å². The molecule has 1 aromatic carbocycles. The molecule has 1 heterocycles. The highest BCUT2D eigenvalue weighted by atomic mass is 35.5. The van der Waals surface area contributed by atoms with E-state index in [9.17, 15) is 4.79 Å². The Hall–Kier alpha value is -1.52. The van der Waals surface area contributed by atoms with Gasteiger partial charge in [-0.2, -0.15) is 0 Å². The average molecular weight is 311 g/mol. The predicted molar refractivity (Wildman–Crippen MR) is 87.8 cm³/mol. The number of carbonyl (C=O) groups is 1. The maximum atomic E-state index is 12.0. The van der Waals surface area contributed by atoms with Gasteiger partial charge in [-0.3, -0.25) is 4.79 Å². The Balaban J connectivity index is 0.00000200. The smallest absolute Gasteiger partial charge is 0.251 e. The summed E-state index contributed by atoms with van der Waals surface area (Å²) in [4.78, 5) is 14.6. The lowest BCUT2D eigenvalue weighted by Crippen LogP contribution is -2.33. The maximum Gasteiger partial charge on any atom is 0.251 e. The monoisotopic (exact) mass is 310 g/mol. The summed E-state index contributed by atoms with van der Waals surface area (Å²) in [6.07, 6.45) is 0.854. The zero-order valence-corrected chi connectivity index (χ0v) is 13.2. The molecule has 2 aromatic rings. The normalized spacial score (nSPS) is 11.5. The molecule has 1 unspecified atom stereocenters. The highest BCUT2D eigenvalue weighted by Crippen LogP contribution is 2.17. The molecule has 5 heteroatoms. The number of carbonyl (C=O) groups excluding carboxylic acids is 1. The molecular weight excluding hydrogens is 292 g/mol. The van der Waals surface area contributed by atoms with Crippen LogP contribution in [0.15, 0.2) is 36.4 Å².